The molecule has 0 heterocycles. The second-order valence-electron chi connectivity index (χ2n) is 2.25. The van der Waals surface area contributed by atoms with E-state index in [2.05, 4.69) is 0 Å². The summed E-state index contributed by atoms with van der Waals surface area (Å²) in [4.78, 5) is 0. The van der Waals surface area contributed by atoms with Crippen molar-refractivity contribution in [2.24, 2.45) is 11.5 Å². The molecule has 0 unspecified atom stereocenters. The fourth-order valence-electron chi connectivity index (χ4n) is 0.711. The van der Waals surface area contributed by atoms with Crippen molar-refractivity contribution in [3.63, 3.8) is 0 Å². The van der Waals surface area contributed by atoms with Gasteiger partial charge in [0.2, 0.25) is 0 Å². The SMILES string of the molecule is CC.NCCCCCOCCN. The molecule has 0 atom stereocenters. The minimum Gasteiger partial charge on any atom is -0.380 e. The van der Waals surface area contributed by atoms with Gasteiger partial charge in [-0.3, -0.25) is 0 Å². The van der Waals surface area contributed by atoms with Crippen LogP contribution in [0.2, 0.25) is 0 Å². The normalized spacial score (nSPS) is 9.00. The van der Waals surface area contributed by atoms with Crippen LogP contribution >= 0.6 is 0 Å². The van der Waals surface area contributed by atoms with Crippen LogP contribution < -0.4 is 11.5 Å². The lowest BCUT2D eigenvalue weighted by Crippen LogP contribution is -2.09. The van der Waals surface area contributed by atoms with E-state index in [0.29, 0.717) is 13.2 Å². The van der Waals surface area contributed by atoms with E-state index in [9.17, 15) is 0 Å². The average molecular weight is 176 g/mol. The quantitative estimate of drug-likeness (QED) is 0.571. The van der Waals surface area contributed by atoms with Gasteiger partial charge in [-0.1, -0.05) is 13.8 Å². The van der Waals surface area contributed by atoms with Crippen molar-refractivity contribution in [3.05, 3.63) is 0 Å². The van der Waals surface area contributed by atoms with E-state index in [1.165, 1.54) is 6.42 Å². The third-order valence-electron chi connectivity index (χ3n) is 1.25. The first-order chi connectivity index (χ1) is 5.91. The van der Waals surface area contributed by atoms with Crippen molar-refractivity contribution >= 4 is 0 Å². The summed E-state index contributed by atoms with van der Waals surface area (Å²) < 4.78 is 5.16. The highest BCUT2D eigenvalue weighted by Gasteiger charge is 1.86. The molecule has 0 aliphatic carbocycles. The number of nitrogens with two attached hydrogens (primary N) is 2. The van der Waals surface area contributed by atoms with Crippen LogP contribution in [-0.2, 0) is 4.74 Å². The Bertz CT molecular complexity index is 52.5. The van der Waals surface area contributed by atoms with E-state index in [4.69, 9.17) is 16.2 Å². The highest BCUT2D eigenvalue weighted by molar-refractivity contribution is 4.41. The topological polar surface area (TPSA) is 61.3 Å². The zero-order valence-electron chi connectivity index (χ0n) is 8.51. The van der Waals surface area contributed by atoms with E-state index in [1.54, 1.807) is 0 Å². The first-order valence-electron chi connectivity index (χ1n) is 4.89. The second-order valence-corrected chi connectivity index (χ2v) is 2.25. The zero-order chi connectivity index (χ0) is 9.66. The molecule has 3 nitrogen and oxygen atoms in total. The summed E-state index contributed by atoms with van der Waals surface area (Å²) in [6.07, 6.45) is 3.38. The van der Waals surface area contributed by atoms with Gasteiger partial charge in [-0.25, -0.2) is 0 Å². The number of ether oxygens (including phenoxy) is 1. The second kappa shape index (κ2) is 17.1. The molecular weight excluding hydrogens is 152 g/mol. The van der Waals surface area contributed by atoms with Crippen LogP contribution in [0.3, 0.4) is 0 Å². The van der Waals surface area contributed by atoms with Crippen LogP contribution in [0.25, 0.3) is 0 Å². The standard InChI is InChI=1S/C7H18N2O.C2H6/c8-4-2-1-3-6-10-7-5-9;1-2/h1-9H2;1-2H3. The van der Waals surface area contributed by atoms with Gasteiger partial charge in [0.15, 0.2) is 0 Å². The molecule has 0 saturated heterocycles. The Morgan fingerprint density at radius 3 is 2.00 bits per heavy atom. The lowest BCUT2D eigenvalue weighted by Gasteiger charge is -2.00. The molecule has 0 aromatic carbocycles. The molecule has 3 heteroatoms. The summed E-state index contributed by atoms with van der Waals surface area (Å²) in [7, 11) is 0. The first kappa shape index (κ1) is 14.4. The van der Waals surface area contributed by atoms with Gasteiger partial charge >= 0.3 is 0 Å². The summed E-state index contributed by atoms with van der Waals surface area (Å²) in [5.74, 6) is 0. The molecule has 0 fully saturated rings. The van der Waals surface area contributed by atoms with E-state index in [0.717, 1.165) is 26.0 Å². The maximum atomic E-state index is 5.31. The smallest absolute Gasteiger partial charge is 0.0588 e. The third-order valence-corrected chi connectivity index (χ3v) is 1.25. The molecule has 0 aromatic heterocycles. The van der Waals surface area contributed by atoms with Gasteiger partial charge in [0, 0.05) is 13.2 Å². The summed E-state index contributed by atoms with van der Waals surface area (Å²) >= 11 is 0. The Kier molecular flexibility index (Phi) is 20.5. The van der Waals surface area contributed by atoms with Gasteiger partial charge in [0.05, 0.1) is 6.61 Å². The largest absolute Gasteiger partial charge is 0.380 e. The average Bonchev–Trinajstić information content (AvgIpc) is 2.15. The fourth-order valence-corrected chi connectivity index (χ4v) is 0.711. The summed E-state index contributed by atoms with van der Waals surface area (Å²) in [6.45, 7) is 6.92. The van der Waals surface area contributed by atoms with Crippen molar-refractivity contribution in [1.29, 1.82) is 0 Å². The van der Waals surface area contributed by atoms with Crippen LogP contribution in [0.4, 0.5) is 0 Å². The molecule has 0 bridgehead atoms. The molecule has 12 heavy (non-hydrogen) atoms. The van der Waals surface area contributed by atoms with Crippen molar-refractivity contribution in [2.75, 3.05) is 26.3 Å². The molecule has 0 spiro atoms. The van der Waals surface area contributed by atoms with Crippen LogP contribution in [0, 0.1) is 0 Å². The maximum Gasteiger partial charge on any atom is 0.0588 e. The van der Waals surface area contributed by atoms with Gasteiger partial charge in [0.1, 0.15) is 0 Å². The van der Waals surface area contributed by atoms with Crippen molar-refractivity contribution in [3.8, 4) is 0 Å². The molecule has 0 saturated carbocycles. The minimum atomic E-state index is 0.622. The lowest BCUT2D eigenvalue weighted by molar-refractivity contribution is 0.137. The third kappa shape index (κ3) is 16.5. The number of hydrogen-bond donors (Lipinski definition) is 2. The first-order valence-corrected chi connectivity index (χ1v) is 4.89. The zero-order valence-corrected chi connectivity index (χ0v) is 8.51. The van der Waals surface area contributed by atoms with Crippen molar-refractivity contribution in [1.82, 2.24) is 0 Å². The van der Waals surface area contributed by atoms with Gasteiger partial charge in [-0.15, -0.1) is 0 Å². The monoisotopic (exact) mass is 176 g/mol. The Morgan fingerprint density at radius 2 is 1.50 bits per heavy atom. The minimum absolute atomic E-state index is 0.622. The molecule has 0 aliphatic heterocycles. The van der Waals surface area contributed by atoms with Crippen LogP contribution in [0.5, 0.6) is 0 Å². The van der Waals surface area contributed by atoms with E-state index < -0.39 is 0 Å². The Labute approximate surface area is 76.5 Å². The highest BCUT2D eigenvalue weighted by Crippen LogP contribution is 1.92. The molecule has 4 N–H and O–H groups in total. The molecular formula is C9H24N2O. The highest BCUT2D eigenvalue weighted by atomic mass is 16.5. The Hall–Kier alpha value is -0.120. The fraction of sp³-hybridized carbons (Fsp3) is 1.00. The predicted octanol–water partition coefficient (Wildman–Crippen LogP) is 1.12. The summed E-state index contributed by atoms with van der Waals surface area (Å²) in [5, 5.41) is 0. The van der Waals surface area contributed by atoms with E-state index >= 15 is 0 Å². The molecule has 0 aromatic rings. The molecule has 76 valence electrons. The van der Waals surface area contributed by atoms with Crippen molar-refractivity contribution < 1.29 is 4.74 Å². The molecule has 0 rings (SSSR count). The summed E-state index contributed by atoms with van der Waals surface area (Å²) in [5.41, 5.74) is 10.5. The van der Waals surface area contributed by atoms with Crippen LogP contribution in [-0.4, -0.2) is 26.3 Å². The molecule has 0 amide bonds. The van der Waals surface area contributed by atoms with Gasteiger partial charge < -0.3 is 16.2 Å². The Morgan fingerprint density at radius 1 is 0.833 bits per heavy atom. The lowest BCUT2D eigenvalue weighted by atomic mass is 10.2. The maximum absolute atomic E-state index is 5.31. The number of rotatable bonds is 7. The van der Waals surface area contributed by atoms with Crippen LogP contribution in [0.1, 0.15) is 33.1 Å². The Balaban J connectivity index is 0. The summed E-state index contributed by atoms with van der Waals surface area (Å²) in [6, 6.07) is 0. The van der Waals surface area contributed by atoms with Gasteiger partial charge in [-0.05, 0) is 25.8 Å². The van der Waals surface area contributed by atoms with Gasteiger partial charge in [-0.2, -0.15) is 0 Å². The number of unbranched alkanes of at least 4 members (excludes halogenated alkanes) is 2. The molecule has 0 aliphatic rings. The van der Waals surface area contributed by atoms with Crippen LogP contribution in [0.15, 0.2) is 0 Å². The van der Waals surface area contributed by atoms with E-state index in [1.807, 2.05) is 13.8 Å². The number of hydrogen-bond acceptors (Lipinski definition) is 3. The van der Waals surface area contributed by atoms with Gasteiger partial charge in [0.25, 0.3) is 0 Å². The molecule has 0 radical (unpaired) electrons. The predicted molar refractivity (Wildman–Crippen MR) is 54.1 cm³/mol. The van der Waals surface area contributed by atoms with Crippen molar-refractivity contribution in [2.45, 2.75) is 33.1 Å². The van der Waals surface area contributed by atoms with E-state index in [-0.39, 0.29) is 0 Å².